The average molecular weight is 187 g/mol. The van der Waals surface area contributed by atoms with Gasteiger partial charge in [0.05, 0.1) is 5.52 Å². The van der Waals surface area contributed by atoms with Gasteiger partial charge in [0.25, 0.3) is 0 Å². The molecule has 0 bridgehead atoms. The van der Waals surface area contributed by atoms with Crippen LogP contribution in [0.25, 0.3) is 10.9 Å². The Balaban J connectivity index is 2.63. The molecule has 0 fully saturated rings. The molecule has 72 valence electrons. The third kappa shape index (κ3) is 1.43. The number of hydrogen-bond acceptors (Lipinski definition) is 1. The molecule has 2 aromatic rings. The lowest BCUT2D eigenvalue weighted by atomic mass is 10.1. The zero-order chi connectivity index (χ0) is 10.1. The van der Waals surface area contributed by atoms with Crippen LogP contribution in [0, 0.1) is 0 Å². The molecule has 1 aromatic heterocycles. The first-order chi connectivity index (χ1) is 6.68. The van der Waals surface area contributed by atoms with Crippen LogP contribution >= 0.6 is 0 Å². The highest BCUT2D eigenvalue weighted by molar-refractivity contribution is 5.88. The van der Waals surface area contributed by atoms with Gasteiger partial charge in [0.1, 0.15) is 5.78 Å². The van der Waals surface area contributed by atoms with Crippen molar-refractivity contribution in [3.05, 3.63) is 36.0 Å². The Morgan fingerprint density at radius 1 is 1.36 bits per heavy atom. The first-order valence-corrected chi connectivity index (χ1v) is 4.71. The second-order valence-corrected chi connectivity index (χ2v) is 3.66. The SMILES string of the molecule is CC(=O)Cc1cccc2ccn(C)c12. The number of rotatable bonds is 2. The van der Waals surface area contributed by atoms with Crippen molar-refractivity contribution in [3.8, 4) is 0 Å². The van der Waals surface area contributed by atoms with Crippen LogP contribution in [-0.4, -0.2) is 10.4 Å². The van der Waals surface area contributed by atoms with E-state index in [9.17, 15) is 4.79 Å². The van der Waals surface area contributed by atoms with Crippen LogP contribution in [0.2, 0.25) is 0 Å². The lowest BCUT2D eigenvalue weighted by Crippen LogP contribution is -1.99. The summed E-state index contributed by atoms with van der Waals surface area (Å²) < 4.78 is 2.06. The van der Waals surface area contributed by atoms with E-state index < -0.39 is 0 Å². The maximum absolute atomic E-state index is 11.1. The molecule has 14 heavy (non-hydrogen) atoms. The Kier molecular flexibility index (Phi) is 2.12. The number of carbonyl (C=O) groups excluding carboxylic acids is 1. The number of ketones is 1. The number of aryl methyl sites for hydroxylation is 1. The van der Waals surface area contributed by atoms with E-state index in [0.717, 1.165) is 5.56 Å². The first-order valence-electron chi connectivity index (χ1n) is 4.71. The van der Waals surface area contributed by atoms with Gasteiger partial charge < -0.3 is 4.57 Å². The molecule has 0 radical (unpaired) electrons. The van der Waals surface area contributed by atoms with Crippen molar-refractivity contribution in [1.82, 2.24) is 4.57 Å². The molecule has 0 saturated carbocycles. The molecule has 0 aliphatic carbocycles. The Hall–Kier alpha value is -1.57. The van der Waals surface area contributed by atoms with Gasteiger partial charge in [-0.3, -0.25) is 4.79 Å². The maximum Gasteiger partial charge on any atom is 0.134 e. The van der Waals surface area contributed by atoms with Crippen LogP contribution in [0.3, 0.4) is 0 Å². The number of carbonyl (C=O) groups is 1. The molecular weight excluding hydrogens is 174 g/mol. The van der Waals surface area contributed by atoms with Gasteiger partial charge in [-0.1, -0.05) is 18.2 Å². The van der Waals surface area contributed by atoms with E-state index in [1.807, 2.05) is 25.4 Å². The summed E-state index contributed by atoms with van der Waals surface area (Å²) in [4.78, 5) is 11.1. The summed E-state index contributed by atoms with van der Waals surface area (Å²) in [5, 5.41) is 1.20. The van der Waals surface area contributed by atoms with Gasteiger partial charge >= 0.3 is 0 Å². The molecule has 0 atom stereocenters. The largest absolute Gasteiger partial charge is 0.350 e. The normalized spacial score (nSPS) is 10.7. The first kappa shape index (κ1) is 9.00. The van der Waals surface area contributed by atoms with Crippen molar-refractivity contribution >= 4 is 16.7 Å². The fraction of sp³-hybridized carbons (Fsp3) is 0.250. The molecule has 0 N–H and O–H groups in total. The van der Waals surface area contributed by atoms with E-state index in [1.165, 1.54) is 10.9 Å². The van der Waals surface area contributed by atoms with E-state index in [4.69, 9.17) is 0 Å². The van der Waals surface area contributed by atoms with Gasteiger partial charge in [0.2, 0.25) is 0 Å². The predicted molar refractivity (Wildman–Crippen MR) is 57.3 cm³/mol. The van der Waals surface area contributed by atoms with Crippen LogP contribution in [0.1, 0.15) is 12.5 Å². The van der Waals surface area contributed by atoms with E-state index in [0.29, 0.717) is 6.42 Å². The fourth-order valence-corrected chi connectivity index (χ4v) is 1.85. The molecule has 0 aliphatic rings. The highest BCUT2D eigenvalue weighted by atomic mass is 16.1. The average Bonchev–Trinajstić information content (AvgIpc) is 2.48. The van der Waals surface area contributed by atoms with Crippen LogP contribution in [0.4, 0.5) is 0 Å². The molecule has 0 amide bonds. The van der Waals surface area contributed by atoms with Gasteiger partial charge in [-0.05, 0) is 23.9 Å². The van der Waals surface area contributed by atoms with E-state index >= 15 is 0 Å². The van der Waals surface area contributed by atoms with E-state index in [-0.39, 0.29) is 5.78 Å². The smallest absolute Gasteiger partial charge is 0.134 e. The highest BCUT2D eigenvalue weighted by Crippen LogP contribution is 2.19. The molecule has 0 unspecified atom stereocenters. The van der Waals surface area contributed by atoms with E-state index in [2.05, 4.69) is 16.7 Å². The standard InChI is InChI=1S/C12H13NO/c1-9(14)8-11-5-3-4-10-6-7-13(2)12(10)11/h3-7H,8H2,1-2H3. The molecule has 0 spiro atoms. The molecule has 1 aromatic carbocycles. The van der Waals surface area contributed by atoms with Gasteiger partial charge in [-0.2, -0.15) is 0 Å². The molecule has 2 heteroatoms. The topological polar surface area (TPSA) is 22.0 Å². The van der Waals surface area contributed by atoms with Gasteiger partial charge in [-0.15, -0.1) is 0 Å². The Labute approximate surface area is 83.2 Å². The molecule has 2 rings (SSSR count). The van der Waals surface area contributed by atoms with Crippen molar-refractivity contribution in [2.24, 2.45) is 7.05 Å². The zero-order valence-corrected chi connectivity index (χ0v) is 8.45. The fourth-order valence-electron chi connectivity index (χ4n) is 1.85. The van der Waals surface area contributed by atoms with Crippen molar-refractivity contribution in [2.75, 3.05) is 0 Å². The maximum atomic E-state index is 11.1. The Bertz CT molecular complexity index is 482. The molecule has 0 saturated heterocycles. The summed E-state index contributed by atoms with van der Waals surface area (Å²) in [7, 11) is 2.01. The number of aromatic nitrogens is 1. The predicted octanol–water partition coefficient (Wildman–Crippen LogP) is 2.31. The lowest BCUT2D eigenvalue weighted by Gasteiger charge is -2.03. The molecular formula is C12H13NO. The highest BCUT2D eigenvalue weighted by Gasteiger charge is 2.05. The number of fused-ring (bicyclic) bond motifs is 1. The summed E-state index contributed by atoms with van der Waals surface area (Å²) in [6.07, 6.45) is 2.55. The van der Waals surface area contributed by atoms with Crippen molar-refractivity contribution in [2.45, 2.75) is 13.3 Å². The minimum Gasteiger partial charge on any atom is -0.350 e. The number of Topliss-reactive ketones (excluding diaryl/α,β-unsaturated/α-hetero) is 1. The zero-order valence-electron chi connectivity index (χ0n) is 8.45. The summed E-state index contributed by atoms with van der Waals surface area (Å²) in [6.45, 7) is 1.63. The quantitative estimate of drug-likeness (QED) is 0.707. The molecule has 0 aliphatic heterocycles. The van der Waals surface area contributed by atoms with E-state index in [1.54, 1.807) is 6.92 Å². The van der Waals surface area contributed by atoms with Gasteiger partial charge in [-0.25, -0.2) is 0 Å². The monoisotopic (exact) mass is 187 g/mol. The summed E-state index contributed by atoms with van der Waals surface area (Å²) in [5.41, 5.74) is 2.28. The van der Waals surface area contributed by atoms with Crippen LogP contribution in [0.5, 0.6) is 0 Å². The van der Waals surface area contributed by atoms with Gasteiger partial charge in [0.15, 0.2) is 0 Å². The van der Waals surface area contributed by atoms with Crippen molar-refractivity contribution in [1.29, 1.82) is 0 Å². The Morgan fingerprint density at radius 2 is 2.14 bits per heavy atom. The third-order valence-corrected chi connectivity index (χ3v) is 2.42. The second-order valence-electron chi connectivity index (χ2n) is 3.66. The van der Waals surface area contributed by atoms with Crippen LogP contribution < -0.4 is 0 Å². The minimum absolute atomic E-state index is 0.207. The van der Waals surface area contributed by atoms with Gasteiger partial charge in [0, 0.05) is 19.7 Å². The minimum atomic E-state index is 0.207. The third-order valence-electron chi connectivity index (χ3n) is 2.42. The van der Waals surface area contributed by atoms with Crippen molar-refractivity contribution in [3.63, 3.8) is 0 Å². The molecule has 2 nitrogen and oxygen atoms in total. The lowest BCUT2D eigenvalue weighted by molar-refractivity contribution is -0.116. The number of hydrogen-bond donors (Lipinski definition) is 0. The van der Waals surface area contributed by atoms with Crippen LogP contribution in [-0.2, 0) is 18.3 Å². The summed E-state index contributed by atoms with van der Waals surface area (Å²) in [6, 6.07) is 8.16. The number of nitrogens with zero attached hydrogens (tertiary/aromatic N) is 1. The number of benzene rings is 1. The van der Waals surface area contributed by atoms with Crippen LogP contribution in [0.15, 0.2) is 30.5 Å². The second kappa shape index (κ2) is 3.29. The molecule has 1 heterocycles. The summed E-state index contributed by atoms with van der Waals surface area (Å²) >= 11 is 0. The summed E-state index contributed by atoms with van der Waals surface area (Å²) in [5.74, 6) is 0.207. The number of para-hydroxylation sites is 1. The Morgan fingerprint density at radius 3 is 2.86 bits per heavy atom. The van der Waals surface area contributed by atoms with Crippen molar-refractivity contribution < 1.29 is 4.79 Å².